The van der Waals surface area contributed by atoms with Crippen LogP contribution in [0.5, 0.6) is 0 Å². The lowest BCUT2D eigenvalue weighted by atomic mass is 10.1. The molecule has 1 aromatic rings. The van der Waals surface area contributed by atoms with Crippen LogP contribution in [-0.4, -0.2) is 30.1 Å². The molecule has 0 bridgehead atoms. The summed E-state index contributed by atoms with van der Waals surface area (Å²) in [4.78, 5) is 2.13. The summed E-state index contributed by atoms with van der Waals surface area (Å²) in [6, 6.07) is 5.84. The molecule has 1 aromatic carbocycles. The van der Waals surface area contributed by atoms with Crippen LogP contribution in [0, 0.1) is 5.82 Å². The second-order valence-electron chi connectivity index (χ2n) is 6.48. The molecule has 20 heavy (non-hydrogen) atoms. The maximum absolute atomic E-state index is 14.3. The molecule has 112 valence electrons. The predicted molar refractivity (Wildman–Crippen MR) is 87.1 cm³/mol. The Labute approximate surface area is 126 Å². The molecular weight excluding hydrogens is 271 g/mol. The summed E-state index contributed by atoms with van der Waals surface area (Å²) >= 11 is 1.95. The van der Waals surface area contributed by atoms with Gasteiger partial charge in [-0.05, 0) is 44.6 Å². The summed E-state index contributed by atoms with van der Waals surface area (Å²) in [5.74, 6) is 2.16. The first-order valence-electron chi connectivity index (χ1n) is 7.21. The summed E-state index contributed by atoms with van der Waals surface area (Å²) < 4.78 is 14.3. The van der Waals surface area contributed by atoms with Gasteiger partial charge in [0.25, 0.3) is 0 Å². The average Bonchev–Trinajstić information content (AvgIpc) is 2.88. The Kier molecular flexibility index (Phi) is 4.97. The van der Waals surface area contributed by atoms with Gasteiger partial charge >= 0.3 is 0 Å². The number of nitrogens with zero attached hydrogens (tertiary/aromatic N) is 1. The number of anilines is 1. The number of hydrogen-bond donors (Lipinski definition) is 1. The molecule has 1 fully saturated rings. The molecule has 0 amide bonds. The Morgan fingerprint density at radius 2 is 2.15 bits per heavy atom. The van der Waals surface area contributed by atoms with Gasteiger partial charge in [0.1, 0.15) is 5.82 Å². The van der Waals surface area contributed by atoms with Crippen molar-refractivity contribution in [3.63, 3.8) is 0 Å². The molecule has 1 unspecified atom stereocenters. The molecule has 1 N–H and O–H groups in total. The Balaban J connectivity index is 2.21. The molecule has 0 radical (unpaired) electrons. The van der Waals surface area contributed by atoms with Crippen molar-refractivity contribution < 1.29 is 4.39 Å². The minimum Gasteiger partial charge on any atom is -0.368 e. The molecule has 1 atom stereocenters. The highest BCUT2D eigenvalue weighted by Crippen LogP contribution is 2.30. The van der Waals surface area contributed by atoms with Crippen LogP contribution in [0.3, 0.4) is 0 Å². The first-order valence-corrected chi connectivity index (χ1v) is 8.37. The molecule has 0 saturated carbocycles. The van der Waals surface area contributed by atoms with Crippen LogP contribution in [0.2, 0.25) is 0 Å². The van der Waals surface area contributed by atoms with Gasteiger partial charge in [-0.2, -0.15) is 11.8 Å². The molecule has 1 saturated heterocycles. The molecule has 0 aromatic heterocycles. The van der Waals surface area contributed by atoms with Crippen LogP contribution >= 0.6 is 11.8 Å². The van der Waals surface area contributed by atoms with Crippen molar-refractivity contribution >= 4 is 17.4 Å². The first-order chi connectivity index (χ1) is 9.38. The van der Waals surface area contributed by atoms with Gasteiger partial charge in [-0.25, -0.2) is 4.39 Å². The Morgan fingerprint density at radius 3 is 2.75 bits per heavy atom. The Hall–Kier alpha value is -0.740. The van der Waals surface area contributed by atoms with E-state index in [9.17, 15) is 4.39 Å². The molecular formula is C16H25FN2S. The van der Waals surface area contributed by atoms with Gasteiger partial charge in [-0.15, -0.1) is 0 Å². The molecule has 1 aliphatic rings. The van der Waals surface area contributed by atoms with Crippen LogP contribution < -0.4 is 10.2 Å². The van der Waals surface area contributed by atoms with Gasteiger partial charge in [0, 0.05) is 30.9 Å². The lowest BCUT2D eigenvalue weighted by Gasteiger charge is -2.30. The summed E-state index contributed by atoms with van der Waals surface area (Å²) in [7, 11) is 2.02. The minimum absolute atomic E-state index is 0.0331. The molecule has 2 rings (SSSR count). The summed E-state index contributed by atoms with van der Waals surface area (Å²) in [6.07, 6.45) is 1.14. The van der Waals surface area contributed by atoms with E-state index in [0.717, 1.165) is 23.4 Å². The van der Waals surface area contributed by atoms with Crippen molar-refractivity contribution in [2.75, 3.05) is 23.5 Å². The van der Waals surface area contributed by atoms with E-state index in [1.54, 1.807) is 12.1 Å². The van der Waals surface area contributed by atoms with Gasteiger partial charge in [-0.3, -0.25) is 0 Å². The highest BCUT2D eigenvalue weighted by Gasteiger charge is 2.24. The van der Waals surface area contributed by atoms with Gasteiger partial charge in [0.2, 0.25) is 0 Å². The Morgan fingerprint density at radius 1 is 1.40 bits per heavy atom. The van der Waals surface area contributed by atoms with E-state index in [1.165, 1.54) is 5.75 Å². The maximum atomic E-state index is 14.3. The zero-order valence-corrected chi connectivity index (χ0v) is 13.7. The summed E-state index contributed by atoms with van der Waals surface area (Å²) in [5, 5.41) is 3.45. The Bertz CT molecular complexity index is 450. The molecule has 1 heterocycles. The van der Waals surface area contributed by atoms with E-state index in [0.29, 0.717) is 12.6 Å². The third-order valence-corrected chi connectivity index (χ3v) is 4.83. The second-order valence-corrected chi connectivity index (χ2v) is 7.63. The average molecular weight is 296 g/mol. The second kappa shape index (κ2) is 6.35. The van der Waals surface area contributed by atoms with Crippen molar-refractivity contribution in [3.05, 3.63) is 29.6 Å². The van der Waals surface area contributed by atoms with Gasteiger partial charge < -0.3 is 10.2 Å². The van der Waals surface area contributed by atoms with E-state index in [1.807, 2.05) is 24.9 Å². The first kappa shape index (κ1) is 15.6. The summed E-state index contributed by atoms with van der Waals surface area (Å²) in [5.41, 5.74) is 1.84. The van der Waals surface area contributed by atoms with Crippen LogP contribution in [-0.2, 0) is 6.54 Å². The maximum Gasteiger partial charge on any atom is 0.146 e. The lowest BCUT2D eigenvalue weighted by Crippen LogP contribution is -2.37. The number of hydrogen-bond acceptors (Lipinski definition) is 3. The highest BCUT2D eigenvalue weighted by molar-refractivity contribution is 7.99. The normalized spacial score (nSPS) is 19.4. The van der Waals surface area contributed by atoms with Gasteiger partial charge in [0.15, 0.2) is 0 Å². The molecule has 1 aliphatic heterocycles. The van der Waals surface area contributed by atoms with E-state index >= 15 is 0 Å². The van der Waals surface area contributed by atoms with Crippen molar-refractivity contribution in [2.24, 2.45) is 0 Å². The number of nitrogens with one attached hydrogen (secondary N) is 1. The number of halogens is 1. The number of para-hydroxylation sites is 1. The van der Waals surface area contributed by atoms with Crippen LogP contribution in [0.4, 0.5) is 10.1 Å². The third kappa shape index (κ3) is 3.89. The molecule has 0 spiro atoms. The fraction of sp³-hybridized carbons (Fsp3) is 0.625. The largest absolute Gasteiger partial charge is 0.368 e. The quantitative estimate of drug-likeness (QED) is 0.913. The number of thioether (sulfide) groups is 1. The van der Waals surface area contributed by atoms with Crippen LogP contribution in [0.25, 0.3) is 0 Å². The highest BCUT2D eigenvalue weighted by atomic mass is 32.2. The molecule has 2 nitrogen and oxygen atoms in total. The number of rotatable bonds is 4. The van der Waals surface area contributed by atoms with Crippen molar-refractivity contribution in [3.8, 4) is 0 Å². The van der Waals surface area contributed by atoms with Crippen LogP contribution in [0.1, 0.15) is 32.8 Å². The third-order valence-electron chi connectivity index (χ3n) is 3.69. The van der Waals surface area contributed by atoms with Gasteiger partial charge in [-0.1, -0.05) is 12.1 Å². The van der Waals surface area contributed by atoms with Crippen molar-refractivity contribution in [1.29, 1.82) is 0 Å². The minimum atomic E-state index is -0.113. The van der Waals surface area contributed by atoms with Crippen molar-refractivity contribution in [1.82, 2.24) is 5.32 Å². The van der Waals surface area contributed by atoms with E-state index in [2.05, 4.69) is 31.0 Å². The molecule has 4 heteroatoms. The predicted octanol–water partition coefficient (Wildman–Crippen LogP) is 3.66. The zero-order valence-electron chi connectivity index (χ0n) is 12.9. The van der Waals surface area contributed by atoms with Gasteiger partial charge in [0.05, 0.1) is 5.69 Å². The van der Waals surface area contributed by atoms with Crippen molar-refractivity contribution in [2.45, 2.75) is 45.3 Å². The zero-order chi connectivity index (χ0) is 14.8. The van der Waals surface area contributed by atoms with Crippen LogP contribution in [0.15, 0.2) is 18.2 Å². The fourth-order valence-electron chi connectivity index (χ4n) is 2.47. The fourth-order valence-corrected chi connectivity index (χ4v) is 3.74. The van der Waals surface area contributed by atoms with E-state index in [-0.39, 0.29) is 11.4 Å². The topological polar surface area (TPSA) is 15.3 Å². The van der Waals surface area contributed by atoms with E-state index in [4.69, 9.17) is 0 Å². The standard InChI is InChI=1S/C16H25FN2S/c1-16(2,3)18-10-12-6-5-7-14(17)15(12)19(4)13-8-9-20-11-13/h5-7,13,18H,8-11H2,1-4H3. The molecule has 0 aliphatic carbocycles. The smallest absolute Gasteiger partial charge is 0.146 e. The van der Waals surface area contributed by atoms with E-state index < -0.39 is 0 Å². The SMILES string of the molecule is CN(c1c(F)cccc1CNC(C)(C)C)C1CCSC1. The number of benzene rings is 1. The lowest BCUT2D eigenvalue weighted by molar-refractivity contribution is 0.423. The monoisotopic (exact) mass is 296 g/mol. The summed E-state index contributed by atoms with van der Waals surface area (Å²) in [6.45, 7) is 7.08.